The number of aryl methyl sites for hydroxylation is 2. The van der Waals surface area contributed by atoms with E-state index in [1.807, 2.05) is 6.92 Å². The molecule has 0 unspecified atom stereocenters. The molecule has 152 valence electrons. The molecule has 3 rings (SSSR count). The number of H-pyrrole nitrogens is 1. The Morgan fingerprint density at radius 2 is 1.41 bits per heavy atom. The molecule has 0 saturated heterocycles. The number of nitrogens with zero attached hydrogens (tertiary/aromatic N) is 3. The van der Waals surface area contributed by atoms with Crippen LogP contribution in [0.15, 0.2) is 73.3 Å². The van der Waals surface area contributed by atoms with Crippen LogP contribution in [0.3, 0.4) is 0 Å². The molecule has 0 saturated carbocycles. The van der Waals surface area contributed by atoms with Crippen LogP contribution >= 0.6 is 0 Å². The van der Waals surface area contributed by atoms with Crippen molar-refractivity contribution in [3.05, 3.63) is 70.1 Å². The zero-order valence-electron chi connectivity index (χ0n) is 15.4. The molecule has 0 aliphatic heterocycles. The van der Waals surface area contributed by atoms with Crippen molar-refractivity contribution in [3.63, 3.8) is 0 Å². The van der Waals surface area contributed by atoms with Crippen LogP contribution in [0.2, 0.25) is 0 Å². The molecule has 0 bridgehead atoms. The number of hydrogen-bond acceptors (Lipinski definition) is 7. The predicted molar refractivity (Wildman–Crippen MR) is 106 cm³/mol. The lowest BCUT2D eigenvalue weighted by atomic mass is 10.2. The molecule has 1 aromatic heterocycles. The molecule has 29 heavy (non-hydrogen) atoms. The number of primary sulfonamides is 1. The van der Waals surface area contributed by atoms with Gasteiger partial charge in [-0.1, -0.05) is 17.7 Å². The molecule has 1 heterocycles. The largest absolute Gasteiger partial charge is 0.309 e. The van der Waals surface area contributed by atoms with Crippen molar-refractivity contribution in [2.75, 3.05) is 0 Å². The Labute approximate surface area is 166 Å². The van der Waals surface area contributed by atoms with Crippen molar-refractivity contribution in [3.8, 4) is 0 Å². The second-order valence-corrected chi connectivity index (χ2v) is 9.56. The number of aromatic nitrogens is 2. The molecule has 0 fully saturated rings. The Morgan fingerprint density at radius 1 is 0.862 bits per heavy atom. The lowest BCUT2D eigenvalue weighted by Gasteiger charge is -2.04. The van der Waals surface area contributed by atoms with Gasteiger partial charge in [-0.2, -0.15) is 13.5 Å². The van der Waals surface area contributed by atoms with Crippen molar-refractivity contribution in [1.82, 2.24) is 9.19 Å². The molecule has 0 spiro atoms. The number of hydrogen-bond donors (Lipinski definition) is 2. The van der Waals surface area contributed by atoms with Crippen molar-refractivity contribution in [1.29, 1.82) is 0 Å². The first-order chi connectivity index (χ1) is 13.5. The first-order valence-corrected chi connectivity index (χ1v) is 11.2. The Hall–Kier alpha value is -3.09. The fraction of sp³-hybridized carbons (Fsp3) is 0.118. The van der Waals surface area contributed by atoms with Gasteiger partial charge in [0, 0.05) is 0 Å². The van der Waals surface area contributed by atoms with Gasteiger partial charge in [0.05, 0.1) is 21.2 Å². The minimum Gasteiger partial charge on any atom is -0.283 e. The van der Waals surface area contributed by atoms with E-state index in [-0.39, 0.29) is 26.9 Å². The molecular formula is C17H17N5O5S2. The molecule has 0 aliphatic carbocycles. The summed E-state index contributed by atoms with van der Waals surface area (Å²) in [5.41, 5.74) is 0.270. The fourth-order valence-corrected chi connectivity index (χ4v) is 4.19. The van der Waals surface area contributed by atoms with Gasteiger partial charge < -0.3 is 0 Å². The number of nitrogens with two attached hydrogens (primary N) is 1. The highest BCUT2D eigenvalue weighted by Crippen LogP contribution is 2.21. The first-order valence-electron chi connectivity index (χ1n) is 8.18. The summed E-state index contributed by atoms with van der Waals surface area (Å²) in [7, 11) is -7.97. The number of nitrogens with one attached hydrogen (secondary N) is 1. The molecule has 0 aliphatic rings. The van der Waals surface area contributed by atoms with E-state index in [0.29, 0.717) is 4.09 Å². The van der Waals surface area contributed by atoms with E-state index in [2.05, 4.69) is 15.3 Å². The van der Waals surface area contributed by atoms with E-state index in [4.69, 9.17) is 5.14 Å². The summed E-state index contributed by atoms with van der Waals surface area (Å²) in [6, 6.07) is 11.3. The minimum atomic E-state index is -4.13. The van der Waals surface area contributed by atoms with E-state index in [1.54, 1.807) is 12.1 Å². The lowest BCUT2D eigenvalue weighted by molar-refractivity contribution is 0.577. The van der Waals surface area contributed by atoms with Gasteiger partial charge in [0.25, 0.3) is 10.0 Å². The number of azo groups is 1. The van der Waals surface area contributed by atoms with Gasteiger partial charge in [-0.25, -0.2) is 13.6 Å². The maximum absolute atomic E-state index is 12.7. The summed E-state index contributed by atoms with van der Waals surface area (Å²) < 4.78 is 48.5. The van der Waals surface area contributed by atoms with Gasteiger partial charge >= 0.3 is 5.56 Å². The topological polar surface area (TPSA) is 157 Å². The summed E-state index contributed by atoms with van der Waals surface area (Å²) in [4.78, 5) is 12.4. The van der Waals surface area contributed by atoms with E-state index in [1.165, 1.54) is 43.3 Å². The van der Waals surface area contributed by atoms with Gasteiger partial charge in [0.15, 0.2) is 5.69 Å². The van der Waals surface area contributed by atoms with Crippen LogP contribution in [0.5, 0.6) is 0 Å². The SMILES string of the molecule is Cc1ccc(S(=O)(=O)n2[nH]c(C)c(N=Nc3ccc(S(N)(=O)=O)cc3)c2=O)cc1. The van der Waals surface area contributed by atoms with Crippen LogP contribution in [0, 0.1) is 13.8 Å². The summed E-state index contributed by atoms with van der Waals surface area (Å²) in [5, 5.41) is 15.2. The molecule has 0 atom stereocenters. The summed E-state index contributed by atoms with van der Waals surface area (Å²) in [6.07, 6.45) is 0. The molecular weight excluding hydrogens is 418 g/mol. The normalized spacial score (nSPS) is 12.5. The standard InChI is InChI=1S/C17H17N5O5S2/c1-11-3-7-15(8-4-11)29(26,27)22-17(23)16(12(2)21-22)20-19-13-5-9-14(10-6-13)28(18,24)25/h3-10,21H,1-2H3,(H2,18,24,25). The Morgan fingerprint density at radius 3 is 1.97 bits per heavy atom. The van der Waals surface area contributed by atoms with Crippen LogP contribution in [-0.4, -0.2) is 26.0 Å². The van der Waals surface area contributed by atoms with Crippen LogP contribution in [0.1, 0.15) is 11.3 Å². The van der Waals surface area contributed by atoms with Crippen LogP contribution in [0.25, 0.3) is 0 Å². The van der Waals surface area contributed by atoms with Gasteiger partial charge in [0.2, 0.25) is 10.0 Å². The van der Waals surface area contributed by atoms with Crippen molar-refractivity contribution >= 4 is 31.4 Å². The Kier molecular flexibility index (Phi) is 5.26. The highest BCUT2D eigenvalue weighted by Gasteiger charge is 2.23. The summed E-state index contributed by atoms with van der Waals surface area (Å²) in [5.74, 6) is 0. The van der Waals surface area contributed by atoms with Gasteiger partial charge in [-0.3, -0.25) is 9.89 Å². The Balaban J connectivity index is 1.97. The second kappa shape index (κ2) is 7.39. The highest BCUT2D eigenvalue weighted by molar-refractivity contribution is 7.90. The van der Waals surface area contributed by atoms with Crippen molar-refractivity contribution < 1.29 is 16.8 Å². The fourth-order valence-electron chi connectivity index (χ4n) is 2.43. The van der Waals surface area contributed by atoms with Crippen molar-refractivity contribution in [2.45, 2.75) is 23.6 Å². The molecule has 2 aromatic carbocycles. The van der Waals surface area contributed by atoms with E-state index < -0.39 is 25.6 Å². The maximum Gasteiger partial charge on any atom is 0.309 e. The molecule has 3 aromatic rings. The zero-order valence-corrected chi connectivity index (χ0v) is 17.0. The van der Waals surface area contributed by atoms with Gasteiger partial charge in [-0.15, -0.1) is 9.20 Å². The average molecular weight is 435 g/mol. The number of sulfonamides is 1. The highest BCUT2D eigenvalue weighted by atomic mass is 32.2. The maximum atomic E-state index is 12.7. The van der Waals surface area contributed by atoms with Gasteiger partial charge in [0.1, 0.15) is 0 Å². The van der Waals surface area contributed by atoms with Crippen LogP contribution in [-0.2, 0) is 20.0 Å². The summed E-state index contributed by atoms with van der Waals surface area (Å²) in [6.45, 7) is 3.30. The molecule has 3 N–H and O–H groups in total. The van der Waals surface area contributed by atoms with Crippen LogP contribution < -0.4 is 10.7 Å². The van der Waals surface area contributed by atoms with E-state index in [0.717, 1.165) is 5.56 Å². The van der Waals surface area contributed by atoms with E-state index >= 15 is 0 Å². The lowest BCUT2D eigenvalue weighted by Crippen LogP contribution is -2.25. The predicted octanol–water partition coefficient (Wildman–Crippen LogP) is 2.09. The molecule has 10 nitrogen and oxygen atoms in total. The molecule has 0 amide bonds. The van der Waals surface area contributed by atoms with Crippen molar-refractivity contribution in [2.24, 2.45) is 15.4 Å². The summed E-state index contributed by atoms with van der Waals surface area (Å²) >= 11 is 0. The monoisotopic (exact) mass is 435 g/mol. The quantitative estimate of drug-likeness (QED) is 0.587. The molecule has 0 radical (unpaired) electrons. The minimum absolute atomic E-state index is 0.0477. The Bertz CT molecular complexity index is 1350. The van der Waals surface area contributed by atoms with Crippen LogP contribution in [0.4, 0.5) is 11.4 Å². The number of rotatable bonds is 5. The number of aromatic amines is 1. The third-order valence-corrected chi connectivity index (χ3v) is 6.54. The average Bonchev–Trinajstić information content (AvgIpc) is 2.94. The zero-order chi connectivity index (χ0) is 21.4. The van der Waals surface area contributed by atoms with E-state index in [9.17, 15) is 21.6 Å². The first kappa shape index (κ1) is 20.6. The smallest absolute Gasteiger partial charge is 0.283 e. The molecule has 12 heteroatoms. The number of benzene rings is 2. The third-order valence-electron chi connectivity index (χ3n) is 4.00. The second-order valence-electron chi connectivity index (χ2n) is 6.21. The third kappa shape index (κ3) is 4.18. The van der Waals surface area contributed by atoms with Gasteiger partial charge in [-0.05, 0) is 50.2 Å².